The summed E-state index contributed by atoms with van der Waals surface area (Å²) in [4.78, 5) is 36.7. The van der Waals surface area contributed by atoms with Crippen LogP contribution < -0.4 is 4.90 Å². The van der Waals surface area contributed by atoms with Gasteiger partial charge in [0.25, 0.3) is 5.91 Å². The molecule has 1 saturated heterocycles. The first-order valence-corrected chi connectivity index (χ1v) is 8.24. The largest absolute Gasteiger partial charge is 0.362 e. The van der Waals surface area contributed by atoms with E-state index in [2.05, 4.69) is 4.98 Å². The number of carbonyl (C=O) groups is 2. The van der Waals surface area contributed by atoms with Crippen molar-refractivity contribution in [1.82, 2.24) is 19.7 Å². The van der Waals surface area contributed by atoms with Gasteiger partial charge in [0.1, 0.15) is 5.82 Å². The molecule has 1 aliphatic rings. The van der Waals surface area contributed by atoms with Crippen LogP contribution in [0.5, 0.6) is 0 Å². The van der Waals surface area contributed by atoms with Gasteiger partial charge >= 0.3 is 0 Å². The molecule has 24 heavy (non-hydrogen) atoms. The average Bonchev–Trinajstić information content (AvgIpc) is 2.59. The van der Waals surface area contributed by atoms with Gasteiger partial charge in [-0.05, 0) is 26.2 Å². The Morgan fingerprint density at radius 3 is 2.29 bits per heavy atom. The summed E-state index contributed by atoms with van der Waals surface area (Å²) >= 11 is 0. The van der Waals surface area contributed by atoms with Crippen LogP contribution in [0.4, 0.5) is 5.82 Å². The van der Waals surface area contributed by atoms with Crippen molar-refractivity contribution in [3.63, 3.8) is 0 Å². The van der Waals surface area contributed by atoms with Crippen LogP contribution in [0.3, 0.4) is 0 Å². The Morgan fingerprint density at radius 2 is 1.71 bits per heavy atom. The summed E-state index contributed by atoms with van der Waals surface area (Å²) in [7, 11) is 7.67. The lowest BCUT2D eigenvalue weighted by Gasteiger charge is -2.35. The van der Waals surface area contributed by atoms with E-state index in [0.717, 1.165) is 6.54 Å². The van der Waals surface area contributed by atoms with Crippen molar-refractivity contribution in [2.24, 2.45) is 0 Å². The number of hydrogen-bond donors (Lipinski definition) is 0. The molecule has 1 fully saturated rings. The van der Waals surface area contributed by atoms with Gasteiger partial charge < -0.3 is 19.6 Å². The van der Waals surface area contributed by atoms with Crippen LogP contribution in [0.25, 0.3) is 0 Å². The van der Waals surface area contributed by atoms with Gasteiger partial charge in [-0.3, -0.25) is 9.59 Å². The molecule has 0 radical (unpaired) electrons. The molecule has 0 unspecified atom stereocenters. The molecule has 1 aromatic heterocycles. The molecule has 0 atom stereocenters. The van der Waals surface area contributed by atoms with Crippen LogP contribution in [0.15, 0.2) is 18.3 Å². The van der Waals surface area contributed by atoms with Crippen molar-refractivity contribution in [1.29, 1.82) is 0 Å². The molecule has 0 aliphatic carbocycles. The normalized spacial score (nSPS) is 14.9. The zero-order valence-corrected chi connectivity index (χ0v) is 15.0. The molecule has 0 N–H and O–H groups in total. The molecule has 2 heterocycles. The highest BCUT2D eigenvalue weighted by Crippen LogP contribution is 2.18. The third-order valence-electron chi connectivity index (χ3n) is 4.13. The van der Waals surface area contributed by atoms with Crippen molar-refractivity contribution in [2.45, 2.75) is 6.42 Å². The van der Waals surface area contributed by atoms with E-state index in [9.17, 15) is 9.59 Å². The standard InChI is InChI=1S/C17H27N5O2/c1-19(2)9-7-15(23)21-10-12-22(13-11-21)17(24)14-6-5-8-18-16(14)20(3)4/h5-6,8H,7,9-13H2,1-4H3. The highest BCUT2D eigenvalue weighted by Gasteiger charge is 2.26. The number of pyridine rings is 1. The van der Waals surface area contributed by atoms with E-state index in [1.165, 1.54) is 0 Å². The van der Waals surface area contributed by atoms with Gasteiger partial charge in [0, 0.05) is 59.4 Å². The van der Waals surface area contributed by atoms with Crippen LogP contribution in [-0.4, -0.2) is 92.4 Å². The van der Waals surface area contributed by atoms with Crippen molar-refractivity contribution in [3.8, 4) is 0 Å². The topological polar surface area (TPSA) is 60.0 Å². The van der Waals surface area contributed by atoms with Crippen LogP contribution >= 0.6 is 0 Å². The van der Waals surface area contributed by atoms with Crippen LogP contribution in [0.2, 0.25) is 0 Å². The van der Waals surface area contributed by atoms with E-state index in [1.807, 2.05) is 42.9 Å². The maximum atomic E-state index is 12.8. The minimum Gasteiger partial charge on any atom is -0.362 e. The van der Waals surface area contributed by atoms with Crippen molar-refractivity contribution in [2.75, 3.05) is 65.8 Å². The van der Waals surface area contributed by atoms with E-state index >= 15 is 0 Å². The van der Waals surface area contributed by atoms with Gasteiger partial charge in [0.15, 0.2) is 0 Å². The Bertz CT molecular complexity index is 580. The Hall–Kier alpha value is -2.15. The molecule has 2 rings (SSSR count). The summed E-state index contributed by atoms with van der Waals surface area (Å²) in [5.41, 5.74) is 0.606. The van der Waals surface area contributed by atoms with E-state index < -0.39 is 0 Å². The molecular weight excluding hydrogens is 306 g/mol. The summed E-state index contributed by atoms with van der Waals surface area (Å²) in [6.07, 6.45) is 2.21. The summed E-state index contributed by atoms with van der Waals surface area (Å²) in [5.74, 6) is 0.810. The number of nitrogens with zero attached hydrogens (tertiary/aromatic N) is 5. The Labute approximate surface area is 143 Å². The fraction of sp³-hybridized carbons (Fsp3) is 0.588. The van der Waals surface area contributed by atoms with Crippen molar-refractivity contribution in [3.05, 3.63) is 23.9 Å². The number of carbonyl (C=O) groups excluding carboxylic acids is 2. The molecule has 0 spiro atoms. The Kier molecular flexibility index (Phi) is 6.14. The Balaban J connectivity index is 1.95. The van der Waals surface area contributed by atoms with E-state index in [-0.39, 0.29) is 11.8 Å². The molecular formula is C17H27N5O2. The van der Waals surface area contributed by atoms with Gasteiger partial charge in [-0.2, -0.15) is 0 Å². The van der Waals surface area contributed by atoms with Gasteiger partial charge in [-0.25, -0.2) is 4.98 Å². The predicted octanol–water partition coefficient (Wildman–Crippen LogP) is 0.384. The quantitative estimate of drug-likeness (QED) is 0.780. The van der Waals surface area contributed by atoms with E-state index in [4.69, 9.17) is 0 Å². The minimum atomic E-state index is -0.0211. The van der Waals surface area contributed by atoms with Gasteiger partial charge in [0.05, 0.1) is 5.56 Å². The lowest BCUT2D eigenvalue weighted by Crippen LogP contribution is -2.51. The van der Waals surface area contributed by atoms with E-state index in [1.54, 1.807) is 23.2 Å². The number of rotatable bonds is 5. The summed E-state index contributed by atoms with van der Waals surface area (Å²) in [6, 6.07) is 3.58. The Morgan fingerprint density at radius 1 is 1.08 bits per heavy atom. The molecule has 1 aliphatic heterocycles. The highest BCUT2D eigenvalue weighted by molar-refractivity contribution is 5.99. The first kappa shape index (κ1) is 18.2. The monoisotopic (exact) mass is 333 g/mol. The first-order chi connectivity index (χ1) is 11.4. The predicted molar refractivity (Wildman–Crippen MR) is 94.2 cm³/mol. The fourth-order valence-electron chi connectivity index (χ4n) is 2.73. The van der Waals surface area contributed by atoms with Crippen molar-refractivity contribution >= 4 is 17.6 Å². The van der Waals surface area contributed by atoms with Crippen LogP contribution in [0, 0.1) is 0 Å². The zero-order valence-electron chi connectivity index (χ0n) is 15.0. The molecule has 0 aromatic carbocycles. The highest BCUT2D eigenvalue weighted by atomic mass is 16.2. The van der Waals surface area contributed by atoms with Crippen LogP contribution in [0.1, 0.15) is 16.8 Å². The van der Waals surface area contributed by atoms with Gasteiger partial charge in [-0.15, -0.1) is 0 Å². The molecule has 2 amide bonds. The maximum Gasteiger partial charge on any atom is 0.257 e. The lowest BCUT2D eigenvalue weighted by molar-refractivity contribution is -0.132. The number of aromatic nitrogens is 1. The molecule has 1 aromatic rings. The average molecular weight is 333 g/mol. The zero-order chi connectivity index (χ0) is 17.7. The van der Waals surface area contributed by atoms with Gasteiger partial charge in [-0.1, -0.05) is 0 Å². The van der Waals surface area contributed by atoms with E-state index in [0.29, 0.717) is 44.0 Å². The second-order valence-corrected chi connectivity index (χ2v) is 6.50. The van der Waals surface area contributed by atoms with Crippen molar-refractivity contribution < 1.29 is 9.59 Å². The second kappa shape index (κ2) is 8.10. The summed E-state index contributed by atoms with van der Waals surface area (Å²) in [6.45, 7) is 3.06. The minimum absolute atomic E-state index is 0.0211. The summed E-state index contributed by atoms with van der Waals surface area (Å²) in [5, 5.41) is 0. The first-order valence-electron chi connectivity index (χ1n) is 8.24. The fourth-order valence-corrected chi connectivity index (χ4v) is 2.73. The smallest absolute Gasteiger partial charge is 0.257 e. The molecule has 0 saturated carbocycles. The molecule has 0 bridgehead atoms. The molecule has 7 nitrogen and oxygen atoms in total. The maximum absolute atomic E-state index is 12.8. The van der Waals surface area contributed by atoms with Gasteiger partial charge in [0.2, 0.25) is 5.91 Å². The van der Waals surface area contributed by atoms with Crippen LogP contribution in [-0.2, 0) is 4.79 Å². The third kappa shape index (κ3) is 4.44. The number of anilines is 1. The second-order valence-electron chi connectivity index (χ2n) is 6.50. The number of hydrogen-bond acceptors (Lipinski definition) is 5. The molecule has 132 valence electrons. The summed E-state index contributed by atoms with van der Waals surface area (Å²) < 4.78 is 0. The molecule has 7 heteroatoms. The number of amides is 2. The number of piperazine rings is 1. The SMILES string of the molecule is CN(C)CCC(=O)N1CCN(C(=O)c2cccnc2N(C)C)CC1. The lowest BCUT2D eigenvalue weighted by atomic mass is 10.2. The third-order valence-corrected chi connectivity index (χ3v) is 4.13.